The maximum Gasteiger partial charge on any atom is 0.280 e. The highest BCUT2D eigenvalue weighted by atomic mass is 35.5. The van der Waals surface area contributed by atoms with Crippen molar-refractivity contribution < 1.29 is 13.9 Å². The molecule has 0 bridgehead atoms. The van der Waals surface area contributed by atoms with Crippen molar-refractivity contribution in [2.45, 2.75) is 6.92 Å². The first kappa shape index (κ1) is 21.2. The molecular weight excluding hydrogens is 435 g/mol. The van der Waals surface area contributed by atoms with E-state index >= 15 is 0 Å². The van der Waals surface area contributed by atoms with E-state index in [1.165, 1.54) is 35.1 Å². The molecule has 0 unspecified atom stereocenters. The minimum Gasteiger partial charge on any atom is -0.439 e. The van der Waals surface area contributed by atoms with Gasteiger partial charge in [0.25, 0.3) is 5.91 Å². The molecule has 0 saturated carbocycles. The number of hydrogen-bond acceptors (Lipinski definition) is 5. The summed E-state index contributed by atoms with van der Waals surface area (Å²) in [5.41, 5.74) is -0.104. The molecule has 2 aromatic carbocycles. The third kappa shape index (κ3) is 4.65. The Morgan fingerprint density at radius 2 is 1.84 bits per heavy atom. The van der Waals surface area contributed by atoms with Crippen LogP contribution in [0.1, 0.15) is 16.2 Å². The molecule has 7 nitrogen and oxygen atoms in total. The molecule has 9 heteroatoms. The number of carbonyl (C=O) groups is 1. The molecular formula is C23H16ClFN4O3. The molecule has 0 saturated heterocycles. The summed E-state index contributed by atoms with van der Waals surface area (Å²) in [5.74, 6) is -0.413. The summed E-state index contributed by atoms with van der Waals surface area (Å²) in [6.45, 7) is 1.60. The highest BCUT2D eigenvalue weighted by Crippen LogP contribution is 2.22. The molecule has 1 N–H and O–H groups in total. The number of pyridine rings is 1. The van der Waals surface area contributed by atoms with E-state index in [9.17, 15) is 14.0 Å². The average Bonchev–Trinajstić information content (AvgIpc) is 2.77. The Kier molecular flexibility index (Phi) is 5.96. The zero-order valence-electron chi connectivity index (χ0n) is 16.8. The van der Waals surface area contributed by atoms with Gasteiger partial charge in [-0.1, -0.05) is 23.7 Å². The lowest BCUT2D eigenvalue weighted by Gasteiger charge is -2.12. The molecule has 0 spiro atoms. The minimum absolute atomic E-state index is 0.129. The first-order chi connectivity index (χ1) is 15.4. The second kappa shape index (κ2) is 8.99. The number of hydrogen-bond donors (Lipinski definition) is 1. The Hall–Kier alpha value is -4.04. The van der Waals surface area contributed by atoms with Crippen molar-refractivity contribution in [3.05, 3.63) is 105 Å². The monoisotopic (exact) mass is 450 g/mol. The van der Waals surface area contributed by atoms with E-state index in [2.05, 4.69) is 15.4 Å². The van der Waals surface area contributed by atoms with Gasteiger partial charge in [0.05, 0.1) is 11.9 Å². The van der Waals surface area contributed by atoms with Gasteiger partial charge in [-0.15, -0.1) is 0 Å². The summed E-state index contributed by atoms with van der Waals surface area (Å²) >= 11 is 5.85. The van der Waals surface area contributed by atoms with Crippen molar-refractivity contribution in [1.29, 1.82) is 0 Å². The summed E-state index contributed by atoms with van der Waals surface area (Å²) in [6.07, 6.45) is 1.38. The Morgan fingerprint density at radius 3 is 2.53 bits per heavy atom. The lowest BCUT2D eigenvalue weighted by atomic mass is 10.2. The van der Waals surface area contributed by atoms with Crippen molar-refractivity contribution in [2.24, 2.45) is 0 Å². The minimum atomic E-state index is -0.742. The number of anilines is 1. The second-order valence-corrected chi connectivity index (χ2v) is 7.19. The van der Waals surface area contributed by atoms with Crippen molar-refractivity contribution in [3.63, 3.8) is 0 Å². The fraction of sp³-hybridized carbons (Fsp3) is 0.0435. The highest BCUT2D eigenvalue weighted by Gasteiger charge is 2.17. The zero-order chi connectivity index (χ0) is 22.7. The quantitative estimate of drug-likeness (QED) is 0.473. The van der Waals surface area contributed by atoms with Crippen molar-refractivity contribution >= 4 is 23.2 Å². The number of amides is 1. The Morgan fingerprint density at radius 1 is 1.09 bits per heavy atom. The summed E-state index contributed by atoms with van der Waals surface area (Å²) < 4.78 is 21.0. The van der Waals surface area contributed by atoms with Crippen LogP contribution in [0.3, 0.4) is 0 Å². The van der Waals surface area contributed by atoms with Gasteiger partial charge in [0.2, 0.25) is 11.3 Å². The lowest BCUT2D eigenvalue weighted by Crippen LogP contribution is -2.27. The molecule has 0 aliphatic rings. The van der Waals surface area contributed by atoms with Gasteiger partial charge in [0.1, 0.15) is 17.3 Å². The molecule has 4 aromatic rings. The number of nitrogens with zero attached hydrogens (tertiary/aromatic N) is 3. The molecule has 32 heavy (non-hydrogen) atoms. The van der Waals surface area contributed by atoms with Gasteiger partial charge >= 0.3 is 0 Å². The van der Waals surface area contributed by atoms with Gasteiger partial charge in [-0.05, 0) is 49.4 Å². The van der Waals surface area contributed by atoms with E-state index < -0.39 is 17.2 Å². The number of rotatable bonds is 5. The number of aromatic nitrogens is 3. The topological polar surface area (TPSA) is 86.1 Å². The van der Waals surface area contributed by atoms with Crippen LogP contribution in [0.25, 0.3) is 5.69 Å². The largest absolute Gasteiger partial charge is 0.439 e. The number of para-hydroxylation sites is 1. The second-order valence-electron chi connectivity index (χ2n) is 6.76. The number of carbonyl (C=O) groups excluding carboxylic acids is 1. The first-order valence-electron chi connectivity index (χ1n) is 9.47. The van der Waals surface area contributed by atoms with Gasteiger partial charge < -0.3 is 10.1 Å². The van der Waals surface area contributed by atoms with Crippen LogP contribution in [0.4, 0.5) is 10.1 Å². The molecule has 4 rings (SSSR count). The fourth-order valence-corrected chi connectivity index (χ4v) is 3.03. The van der Waals surface area contributed by atoms with E-state index in [0.717, 1.165) is 0 Å². The summed E-state index contributed by atoms with van der Waals surface area (Å²) in [4.78, 5) is 29.1. The number of nitrogens with one attached hydrogen (secondary N) is 1. The van der Waals surface area contributed by atoms with Gasteiger partial charge in [-0.3, -0.25) is 9.59 Å². The molecule has 0 fully saturated rings. The SMILES string of the molecule is Cc1cc(=O)c(C(=O)Nc2ccc(Oc3ccc(Cl)cc3)nc2)nn1-c1ccccc1F. The molecule has 0 aliphatic heterocycles. The highest BCUT2D eigenvalue weighted by molar-refractivity contribution is 6.30. The van der Waals surface area contributed by atoms with Gasteiger partial charge in [0.15, 0.2) is 5.69 Å². The maximum atomic E-state index is 14.2. The zero-order valence-corrected chi connectivity index (χ0v) is 17.5. The lowest BCUT2D eigenvalue weighted by molar-refractivity contribution is 0.101. The van der Waals surface area contributed by atoms with Crippen LogP contribution in [0.2, 0.25) is 5.02 Å². The Balaban J connectivity index is 1.54. The van der Waals surface area contributed by atoms with Crippen LogP contribution < -0.4 is 15.5 Å². The van der Waals surface area contributed by atoms with Crippen LogP contribution in [0, 0.1) is 12.7 Å². The van der Waals surface area contributed by atoms with Crippen LogP contribution in [0.5, 0.6) is 11.6 Å². The smallest absolute Gasteiger partial charge is 0.280 e. The number of ether oxygens (including phenoxy) is 1. The number of benzene rings is 2. The van der Waals surface area contributed by atoms with Crippen molar-refractivity contribution in [3.8, 4) is 17.3 Å². The number of halogens is 2. The molecule has 0 aliphatic carbocycles. The van der Waals surface area contributed by atoms with Crippen molar-refractivity contribution in [2.75, 3.05) is 5.32 Å². The normalized spacial score (nSPS) is 10.6. The number of aryl methyl sites for hydroxylation is 1. The van der Waals surface area contributed by atoms with E-state index in [0.29, 0.717) is 28.0 Å². The molecule has 1 amide bonds. The van der Waals surface area contributed by atoms with E-state index in [1.807, 2.05) is 0 Å². The molecule has 0 radical (unpaired) electrons. The Labute approximate surface area is 187 Å². The summed E-state index contributed by atoms with van der Waals surface area (Å²) in [6, 6.07) is 17.1. The molecule has 2 heterocycles. The van der Waals surface area contributed by atoms with Crippen molar-refractivity contribution in [1.82, 2.24) is 14.8 Å². The predicted molar refractivity (Wildman–Crippen MR) is 118 cm³/mol. The standard InChI is InChI=1S/C23H16ClFN4O3/c1-14-12-20(30)22(28-29(14)19-5-3-2-4-18(19)25)23(31)27-16-8-11-21(26-13-16)32-17-9-6-15(24)7-10-17/h2-13H,1H3,(H,27,31). The van der Waals surface area contributed by atoms with Gasteiger partial charge in [-0.2, -0.15) is 5.10 Å². The molecule has 0 atom stereocenters. The van der Waals surface area contributed by atoms with E-state index in [-0.39, 0.29) is 11.4 Å². The van der Waals surface area contributed by atoms with E-state index in [4.69, 9.17) is 16.3 Å². The first-order valence-corrected chi connectivity index (χ1v) is 9.85. The summed E-state index contributed by atoms with van der Waals surface area (Å²) in [5, 5.41) is 7.23. The maximum absolute atomic E-state index is 14.2. The molecule has 160 valence electrons. The van der Waals surface area contributed by atoms with Crippen LogP contribution >= 0.6 is 11.6 Å². The third-order valence-electron chi connectivity index (χ3n) is 4.43. The van der Waals surface area contributed by atoms with E-state index in [1.54, 1.807) is 49.4 Å². The Bertz CT molecular complexity index is 1340. The third-order valence-corrected chi connectivity index (χ3v) is 4.69. The van der Waals surface area contributed by atoms with Gasteiger partial charge in [-0.25, -0.2) is 14.1 Å². The van der Waals surface area contributed by atoms with Gasteiger partial charge in [0, 0.05) is 22.8 Å². The molecule has 2 aromatic heterocycles. The van der Waals surface area contributed by atoms with Crippen LogP contribution in [-0.2, 0) is 0 Å². The van der Waals surface area contributed by atoms with Crippen LogP contribution in [0.15, 0.2) is 77.7 Å². The average molecular weight is 451 g/mol. The fourth-order valence-electron chi connectivity index (χ4n) is 2.90. The summed E-state index contributed by atoms with van der Waals surface area (Å²) in [7, 11) is 0. The van der Waals surface area contributed by atoms with Crippen LogP contribution in [-0.4, -0.2) is 20.7 Å². The predicted octanol–water partition coefficient (Wildman–Crippen LogP) is 4.77.